The molecule has 1 heteroatoms. The zero-order valence-corrected chi connectivity index (χ0v) is 15.7. The van der Waals surface area contributed by atoms with Crippen LogP contribution in [0.3, 0.4) is 0 Å². The highest BCUT2D eigenvalue weighted by Crippen LogP contribution is 2.29. The second-order valence-corrected chi connectivity index (χ2v) is 6.13. The first kappa shape index (κ1) is 24.0. The number of hydrogen-bond donors (Lipinski definition) is 1. The van der Waals surface area contributed by atoms with Crippen LogP contribution in [0.2, 0.25) is 0 Å². The van der Waals surface area contributed by atoms with Gasteiger partial charge in [0.05, 0.1) is 5.60 Å². The quantitative estimate of drug-likeness (QED) is 0.615. The van der Waals surface area contributed by atoms with Crippen molar-refractivity contribution in [1.29, 1.82) is 0 Å². The van der Waals surface area contributed by atoms with Gasteiger partial charge in [-0.25, -0.2) is 0 Å². The lowest BCUT2D eigenvalue weighted by atomic mass is 9.79. The van der Waals surface area contributed by atoms with Crippen molar-refractivity contribution in [1.82, 2.24) is 0 Å². The van der Waals surface area contributed by atoms with Gasteiger partial charge in [0.15, 0.2) is 0 Å². The van der Waals surface area contributed by atoms with E-state index in [1.54, 1.807) is 0 Å². The summed E-state index contributed by atoms with van der Waals surface area (Å²) in [6.07, 6.45) is 2.05. The lowest BCUT2D eigenvalue weighted by Gasteiger charge is -2.31. The van der Waals surface area contributed by atoms with Crippen molar-refractivity contribution in [3.8, 4) is 0 Å². The molecule has 0 aliphatic carbocycles. The van der Waals surface area contributed by atoms with Gasteiger partial charge in [-0.2, -0.15) is 0 Å². The van der Waals surface area contributed by atoms with Crippen LogP contribution in [0, 0.1) is 23.7 Å². The normalized spacial score (nSPS) is 16.7. The molecule has 0 bridgehead atoms. The molecular formula is C18H42O. The predicted octanol–water partition coefficient (Wildman–Crippen LogP) is 6.15. The first-order valence-electron chi connectivity index (χ1n) is 8.40. The Morgan fingerprint density at radius 1 is 0.842 bits per heavy atom. The molecule has 1 nitrogen and oxygen atoms in total. The molecule has 0 aliphatic heterocycles. The first-order chi connectivity index (χ1) is 8.68. The van der Waals surface area contributed by atoms with E-state index in [0.29, 0.717) is 11.8 Å². The maximum Gasteiger partial charge on any atom is 0.0642 e. The van der Waals surface area contributed by atoms with Crippen molar-refractivity contribution in [2.45, 2.75) is 94.6 Å². The van der Waals surface area contributed by atoms with Crippen molar-refractivity contribution in [2.24, 2.45) is 23.7 Å². The average Bonchev–Trinajstić information content (AvgIpc) is 2.39. The van der Waals surface area contributed by atoms with Gasteiger partial charge in [0.1, 0.15) is 0 Å². The number of aliphatic hydroxyl groups is 1. The Hall–Kier alpha value is -0.0400. The average molecular weight is 275 g/mol. The lowest BCUT2D eigenvalue weighted by Crippen LogP contribution is -2.32. The topological polar surface area (TPSA) is 20.2 Å². The van der Waals surface area contributed by atoms with E-state index in [0.717, 1.165) is 24.7 Å². The number of rotatable bonds is 6. The van der Waals surface area contributed by atoms with Gasteiger partial charge in [0.2, 0.25) is 0 Å². The van der Waals surface area contributed by atoms with Crippen molar-refractivity contribution in [3.63, 3.8) is 0 Å². The summed E-state index contributed by atoms with van der Waals surface area (Å²) in [5.74, 6) is 2.53. The molecule has 0 radical (unpaired) electrons. The van der Waals surface area contributed by atoms with Crippen LogP contribution in [0.5, 0.6) is 0 Å². The largest absolute Gasteiger partial charge is 0.390 e. The zero-order chi connectivity index (χ0) is 16.2. The molecule has 0 spiro atoms. The third-order valence-corrected chi connectivity index (χ3v) is 4.30. The Morgan fingerprint density at radius 2 is 1.21 bits per heavy atom. The van der Waals surface area contributed by atoms with E-state index in [-0.39, 0.29) is 0 Å². The smallest absolute Gasteiger partial charge is 0.0642 e. The molecular weight excluding hydrogens is 232 g/mol. The Labute approximate surface area is 124 Å². The van der Waals surface area contributed by atoms with E-state index >= 15 is 0 Å². The van der Waals surface area contributed by atoms with E-state index in [1.807, 2.05) is 34.6 Å². The van der Waals surface area contributed by atoms with E-state index < -0.39 is 5.60 Å². The van der Waals surface area contributed by atoms with E-state index in [4.69, 9.17) is 0 Å². The summed E-state index contributed by atoms with van der Waals surface area (Å²) in [7, 11) is 0. The summed E-state index contributed by atoms with van der Waals surface area (Å²) in [4.78, 5) is 0. The molecule has 120 valence electrons. The zero-order valence-electron chi connectivity index (χ0n) is 15.7. The van der Waals surface area contributed by atoms with Gasteiger partial charge in [-0.05, 0) is 43.4 Å². The minimum atomic E-state index is -0.495. The summed E-state index contributed by atoms with van der Waals surface area (Å²) in [5, 5.41) is 10.2. The molecule has 0 saturated carbocycles. The molecule has 0 amide bonds. The summed E-state index contributed by atoms with van der Waals surface area (Å²) in [5.41, 5.74) is -0.495. The van der Waals surface area contributed by atoms with Crippen LogP contribution < -0.4 is 0 Å². The highest BCUT2D eigenvalue weighted by Gasteiger charge is 2.26. The Bertz CT molecular complexity index is 171. The molecule has 0 aromatic rings. The molecule has 0 aliphatic rings. The fraction of sp³-hybridized carbons (Fsp3) is 1.00. The highest BCUT2D eigenvalue weighted by molar-refractivity contribution is 4.78. The summed E-state index contributed by atoms with van der Waals surface area (Å²) < 4.78 is 0. The Kier molecular flexibility index (Phi) is 16.4. The standard InChI is InChI=1S/C14H30O.2C2H6/c1-10(2)13(6)12(5)8-9-14(7,15)11(3)4;2*1-2/h10-13,15H,8-9H2,1-7H3;2*1-2H3. The van der Waals surface area contributed by atoms with Gasteiger partial charge >= 0.3 is 0 Å². The van der Waals surface area contributed by atoms with Crippen LogP contribution in [0.1, 0.15) is 89.0 Å². The van der Waals surface area contributed by atoms with Gasteiger partial charge in [-0.15, -0.1) is 0 Å². The minimum Gasteiger partial charge on any atom is -0.390 e. The molecule has 3 atom stereocenters. The van der Waals surface area contributed by atoms with Gasteiger partial charge in [-0.1, -0.05) is 69.2 Å². The van der Waals surface area contributed by atoms with E-state index in [2.05, 4.69) is 41.5 Å². The van der Waals surface area contributed by atoms with Crippen LogP contribution in [0.25, 0.3) is 0 Å². The fourth-order valence-corrected chi connectivity index (χ4v) is 1.73. The molecule has 0 rings (SSSR count). The molecule has 0 heterocycles. The van der Waals surface area contributed by atoms with Crippen molar-refractivity contribution in [3.05, 3.63) is 0 Å². The molecule has 3 unspecified atom stereocenters. The second-order valence-electron chi connectivity index (χ2n) is 6.13. The third-order valence-electron chi connectivity index (χ3n) is 4.30. The molecule has 0 aromatic heterocycles. The monoisotopic (exact) mass is 274 g/mol. The van der Waals surface area contributed by atoms with Crippen molar-refractivity contribution >= 4 is 0 Å². The van der Waals surface area contributed by atoms with Gasteiger partial charge in [0, 0.05) is 0 Å². The molecule has 0 aromatic carbocycles. The van der Waals surface area contributed by atoms with Gasteiger partial charge in [-0.3, -0.25) is 0 Å². The van der Waals surface area contributed by atoms with Crippen molar-refractivity contribution < 1.29 is 5.11 Å². The minimum absolute atomic E-state index is 0.346. The second kappa shape index (κ2) is 13.0. The fourth-order valence-electron chi connectivity index (χ4n) is 1.73. The highest BCUT2D eigenvalue weighted by atomic mass is 16.3. The van der Waals surface area contributed by atoms with Crippen LogP contribution in [0.4, 0.5) is 0 Å². The molecule has 19 heavy (non-hydrogen) atoms. The Balaban J connectivity index is -0.000000579. The van der Waals surface area contributed by atoms with E-state index in [1.165, 1.54) is 0 Å². The molecule has 1 N–H and O–H groups in total. The summed E-state index contributed by atoms with van der Waals surface area (Å²) in [6, 6.07) is 0. The van der Waals surface area contributed by atoms with Crippen LogP contribution in [0.15, 0.2) is 0 Å². The van der Waals surface area contributed by atoms with Crippen molar-refractivity contribution in [2.75, 3.05) is 0 Å². The maximum absolute atomic E-state index is 10.2. The summed E-state index contributed by atoms with van der Waals surface area (Å²) >= 11 is 0. The first-order valence-corrected chi connectivity index (χ1v) is 8.40. The van der Waals surface area contributed by atoms with Crippen LogP contribution in [-0.2, 0) is 0 Å². The summed E-state index contributed by atoms with van der Waals surface area (Å²) in [6.45, 7) is 23.3. The van der Waals surface area contributed by atoms with Gasteiger partial charge < -0.3 is 5.11 Å². The Morgan fingerprint density at radius 3 is 1.47 bits per heavy atom. The van der Waals surface area contributed by atoms with Gasteiger partial charge in [0.25, 0.3) is 0 Å². The molecule has 0 fully saturated rings. The lowest BCUT2D eigenvalue weighted by molar-refractivity contribution is -0.00221. The maximum atomic E-state index is 10.2. The third kappa shape index (κ3) is 11.5. The predicted molar refractivity (Wildman–Crippen MR) is 90.6 cm³/mol. The van der Waals surface area contributed by atoms with E-state index in [9.17, 15) is 5.11 Å². The molecule has 0 saturated heterocycles. The number of hydrogen-bond acceptors (Lipinski definition) is 1. The SMILES string of the molecule is CC.CC.CC(C)C(C)C(C)CCC(C)(O)C(C)C. The van der Waals surface area contributed by atoms with Crippen LogP contribution >= 0.6 is 0 Å². The van der Waals surface area contributed by atoms with Crippen LogP contribution in [-0.4, -0.2) is 10.7 Å².